The van der Waals surface area contributed by atoms with E-state index in [1.807, 2.05) is 6.92 Å². The average Bonchev–Trinajstić information content (AvgIpc) is 2.32. The maximum absolute atomic E-state index is 11.5. The van der Waals surface area contributed by atoms with Gasteiger partial charge in [-0.2, -0.15) is 17.8 Å². The highest BCUT2D eigenvalue weighted by molar-refractivity contribution is 7.86. The molecule has 4 nitrogen and oxygen atoms in total. The van der Waals surface area contributed by atoms with Crippen molar-refractivity contribution in [2.45, 2.75) is 72.1 Å². The highest BCUT2D eigenvalue weighted by atomic mass is 32.2. The number of hydroxylamine groups is 2. The van der Waals surface area contributed by atoms with Crippen molar-refractivity contribution >= 4 is 10.1 Å². The predicted octanol–water partition coefficient (Wildman–Crippen LogP) is 3.98. The van der Waals surface area contributed by atoms with Gasteiger partial charge < -0.3 is 0 Å². The Kier molecular flexibility index (Phi) is 11.4. The minimum absolute atomic E-state index is 0.0865. The fraction of sp³-hybridized carbons (Fsp3) is 1.00. The van der Waals surface area contributed by atoms with E-state index in [4.69, 9.17) is 4.28 Å². The van der Waals surface area contributed by atoms with Gasteiger partial charge in [-0.15, -0.1) is 0 Å². The van der Waals surface area contributed by atoms with Crippen LogP contribution < -0.4 is 0 Å². The molecule has 0 spiro atoms. The summed E-state index contributed by atoms with van der Waals surface area (Å²) in [6.45, 7) is 6.88. The van der Waals surface area contributed by atoms with E-state index in [1.54, 1.807) is 7.05 Å². The van der Waals surface area contributed by atoms with Gasteiger partial charge in [0.25, 0.3) is 10.1 Å². The Balaban J connectivity index is 3.72. The molecule has 0 bridgehead atoms. The molecule has 0 saturated carbocycles. The summed E-state index contributed by atoms with van der Waals surface area (Å²) in [6.07, 6.45) is 9.49. The molecule has 0 radical (unpaired) electrons. The summed E-state index contributed by atoms with van der Waals surface area (Å²) in [5, 5.41) is 1.47. The number of rotatable bonds is 13. The van der Waals surface area contributed by atoms with Crippen LogP contribution in [0, 0.1) is 5.92 Å². The maximum Gasteiger partial charge on any atom is 0.283 e. The molecule has 5 heteroatoms. The fourth-order valence-corrected chi connectivity index (χ4v) is 3.34. The number of unbranched alkanes of at least 4 members (excludes halogenated alkanes) is 5. The molecular weight excluding hydrogens is 274 g/mol. The lowest BCUT2D eigenvalue weighted by Gasteiger charge is -2.20. The van der Waals surface area contributed by atoms with Crippen LogP contribution in [0.1, 0.15) is 72.1 Å². The molecule has 0 saturated heterocycles. The molecule has 0 aromatic carbocycles. The van der Waals surface area contributed by atoms with Crippen molar-refractivity contribution in [3.05, 3.63) is 0 Å². The molecule has 0 rings (SSSR count). The van der Waals surface area contributed by atoms with Crippen LogP contribution in [0.2, 0.25) is 0 Å². The van der Waals surface area contributed by atoms with Gasteiger partial charge in [-0.05, 0) is 18.8 Å². The lowest BCUT2D eigenvalue weighted by Crippen LogP contribution is -2.29. The number of hydrogen-bond acceptors (Lipinski definition) is 4. The summed E-state index contributed by atoms with van der Waals surface area (Å²) >= 11 is 0. The van der Waals surface area contributed by atoms with E-state index in [0.29, 0.717) is 18.9 Å². The van der Waals surface area contributed by atoms with E-state index in [1.165, 1.54) is 43.6 Å². The third-order valence-corrected chi connectivity index (χ3v) is 4.70. The van der Waals surface area contributed by atoms with Crippen molar-refractivity contribution in [3.8, 4) is 0 Å². The Bertz CT molecular complexity index is 317. The molecule has 0 amide bonds. The van der Waals surface area contributed by atoms with Gasteiger partial charge in [0.2, 0.25) is 0 Å². The van der Waals surface area contributed by atoms with Gasteiger partial charge >= 0.3 is 0 Å². The smallest absolute Gasteiger partial charge is 0.198 e. The van der Waals surface area contributed by atoms with Crippen LogP contribution in [0.25, 0.3) is 0 Å². The Hall–Kier alpha value is -0.130. The Morgan fingerprint density at radius 3 is 2.20 bits per heavy atom. The maximum atomic E-state index is 11.5. The van der Waals surface area contributed by atoms with Crippen molar-refractivity contribution in [2.24, 2.45) is 5.92 Å². The normalized spacial score (nSPS) is 13.8. The van der Waals surface area contributed by atoms with E-state index in [9.17, 15) is 8.42 Å². The molecule has 1 atom stereocenters. The largest absolute Gasteiger partial charge is 0.283 e. The first-order valence-corrected chi connectivity index (χ1v) is 9.62. The first-order chi connectivity index (χ1) is 9.41. The fourth-order valence-electron chi connectivity index (χ4n) is 2.31. The molecule has 0 aliphatic rings. The molecule has 0 aliphatic heterocycles. The van der Waals surface area contributed by atoms with E-state index >= 15 is 0 Å². The van der Waals surface area contributed by atoms with Gasteiger partial charge in [-0.25, -0.2) is 0 Å². The Morgan fingerprint density at radius 2 is 1.60 bits per heavy atom. The molecule has 0 aliphatic carbocycles. The van der Waals surface area contributed by atoms with Gasteiger partial charge in [-0.3, -0.25) is 0 Å². The zero-order valence-electron chi connectivity index (χ0n) is 13.7. The summed E-state index contributed by atoms with van der Waals surface area (Å²) < 4.78 is 28.1. The van der Waals surface area contributed by atoms with Crippen molar-refractivity contribution in [3.63, 3.8) is 0 Å². The second-order valence-electron chi connectivity index (χ2n) is 5.81. The van der Waals surface area contributed by atoms with Crippen molar-refractivity contribution in [1.82, 2.24) is 5.06 Å². The highest BCUT2D eigenvalue weighted by Crippen LogP contribution is 2.13. The topological polar surface area (TPSA) is 46.6 Å². The Morgan fingerprint density at radius 1 is 1.00 bits per heavy atom. The minimum atomic E-state index is -3.39. The first-order valence-electron chi connectivity index (χ1n) is 8.04. The van der Waals surface area contributed by atoms with E-state index in [-0.39, 0.29) is 5.75 Å². The van der Waals surface area contributed by atoms with Crippen molar-refractivity contribution in [2.75, 3.05) is 19.3 Å². The molecule has 20 heavy (non-hydrogen) atoms. The zero-order chi connectivity index (χ0) is 15.4. The quantitative estimate of drug-likeness (QED) is 0.381. The van der Waals surface area contributed by atoms with Crippen LogP contribution in [0.15, 0.2) is 0 Å². The highest BCUT2D eigenvalue weighted by Gasteiger charge is 2.15. The minimum Gasteiger partial charge on any atom is -0.198 e. The molecule has 0 heterocycles. The molecule has 122 valence electrons. The molecule has 0 aromatic rings. The monoisotopic (exact) mass is 307 g/mol. The van der Waals surface area contributed by atoms with E-state index < -0.39 is 10.1 Å². The molecule has 1 unspecified atom stereocenters. The van der Waals surface area contributed by atoms with Gasteiger partial charge in [0.1, 0.15) is 0 Å². The van der Waals surface area contributed by atoms with Crippen LogP contribution >= 0.6 is 0 Å². The molecule has 0 aromatic heterocycles. The van der Waals surface area contributed by atoms with Gasteiger partial charge in [0.05, 0.1) is 5.75 Å². The van der Waals surface area contributed by atoms with E-state index in [2.05, 4.69) is 13.8 Å². The summed E-state index contributed by atoms with van der Waals surface area (Å²) in [5.41, 5.74) is 0. The third-order valence-electron chi connectivity index (χ3n) is 3.31. The van der Waals surface area contributed by atoms with Crippen LogP contribution in [0.5, 0.6) is 0 Å². The number of hydrogen-bond donors (Lipinski definition) is 0. The third kappa shape index (κ3) is 11.7. The predicted molar refractivity (Wildman–Crippen MR) is 84.9 cm³/mol. The van der Waals surface area contributed by atoms with Crippen LogP contribution in [-0.2, 0) is 14.4 Å². The zero-order valence-corrected chi connectivity index (χ0v) is 14.5. The van der Waals surface area contributed by atoms with Crippen LogP contribution in [-0.4, -0.2) is 32.8 Å². The van der Waals surface area contributed by atoms with Gasteiger partial charge in [0, 0.05) is 13.6 Å². The standard InChI is InChI=1S/C15H33NO3S/c1-5-7-8-9-10-11-12-15(3)14-16(4)19-20(17,18)13-6-2/h15H,5-14H2,1-4H3. The summed E-state index contributed by atoms with van der Waals surface area (Å²) in [6, 6.07) is 0. The van der Waals surface area contributed by atoms with E-state index in [0.717, 1.165) is 6.42 Å². The SMILES string of the molecule is CCCCCCCCC(C)CN(C)OS(=O)(=O)CCC. The summed E-state index contributed by atoms with van der Waals surface area (Å²) in [5.74, 6) is 0.548. The second kappa shape index (κ2) is 11.5. The molecular formula is C15H33NO3S. The Labute approximate surface area is 126 Å². The lowest BCUT2D eigenvalue weighted by molar-refractivity contribution is -0.0359. The second-order valence-corrected chi connectivity index (χ2v) is 7.48. The summed E-state index contributed by atoms with van der Waals surface area (Å²) in [4.78, 5) is 0. The molecule has 0 N–H and O–H groups in total. The van der Waals surface area contributed by atoms with Crippen molar-refractivity contribution < 1.29 is 12.7 Å². The molecule has 0 fully saturated rings. The first kappa shape index (κ1) is 19.9. The average molecular weight is 308 g/mol. The van der Waals surface area contributed by atoms with Gasteiger partial charge in [-0.1, -0.05) is 59.3 Å². The van der Waals surface area contributed by atoms with Crippen molar-refractivity contribution in [1.29, 1.82) is 0 Å². The van der Waals surface area contributed by atoms with Gasteiger partial charge in [0.15, 0.2) is 0 Å². The summed E-state index contributed by atoms with van der Waals surface area (Å²) in [7, 11) is -1.69. The number of nitrogens with zero attached hydrogens (tertiary/aromatic N) is 1. The van der Waals surface area contributed by atoms with Crippen LogP contribution in [0.3, 0.4) is 0 Å². The lowest BCUT2D eigenvalue weighted by atomic mass is 10.0. The van der Waals surface area contributed by atoms with Crippen LogP contribution in [0.4, 0.5) is 0 Å².